The number of esters is 1. The molecule has 1 aliphatic rings. The van der Waals surface area contributed by atoms with Gasteiger partial charge in [-0.2, -0.15) is 0 Å². The number of carbonyl (C=O) groups is 2. The quantitative estimate of drug-likeness (QED) is 0.448. The molecular formula is C24H23NO6S2. The topological polar surface area (TPSA) is 82.1 Å². The zero-order valence-electron chi connectivity index (χ0n) is 18.0. The number of rotatable bonds is 8. The van der Waals surface area contributed by atoms with E-state index in [1.807, 2.05) is 17.5 Å². The van der Waals surface area contributed by atoms with Gasteiger partial charge in [0.05, 0.1) is 27.8 Å². The number of benzene rings is 2. The summed E-state index contributed by atoms with van der Waals surface area (Å²) in [6.07, 6.45) is 0. The highest BCUT2D eigenvalue weighted by molar-refractivity contribution is 7.85. The number of fused-ring (bicyclic) bond motifs is 1. The van der Waals surface area contributed by atoms with Crippen molar-refractivity contribution in [3.63, 3.8) is 0 Å². The Kier molecular flexibility index (Phi) is 7.41. The Morgan fingerprint density at radius 3 is 2.61 bits per heavy atom. The molecule has 2 heterocycles. The average molecular weight is 486 g/mol. The van der Waals surface area contributed by atoms with Crippen molar-refractivity contribution in [2.45, 2.75) is 18.4 Å². The minimum Gasteiger partial charge on any atom is -0.486 e. The van der Waals surface area contributed by atoms with Gasteiger partial charge in [0, 0.05) is 22.4 Å². The molecule has 3 aromatic rings. The Hall–Kier alpha value is -3.17. The first kappa shape index (κ1) is 23.0. The summed E-state index contributed by atoms with van der Waals surface area (Å²) in [7, 11) is -1.32. The maximum Gasteiger partial charge on any atom is 0.339 e. The van der Waals surface area contributed by atoms with Crippen LogP contribution in [-0.4, -0.2) is 41.7 Å². The summed E-state index contributed by atoms with van der Waals surface area (Å²) in [5, 5.41) is 1.94. The first-order chi connectivity index (χ1) is 16.1. The highest BCUT2D eigenvalue weighted by atomic mass is 32.2. The summed E-state index contributed by atoms with van der Waals surface area (Å²) >= 11 is 1.53. The molecule has 0 aliphatic carbocycles. The van der Waals surface area contributed by atoms with E-state index in [1.54, 1.807) is 54.3 Å². The van der Waals surface area contributed by atoms with Gasteiger partial charge in [0.1, 0.15) is 13.2 Å². The Balaban J connectivity index is 1.53. The van der Waals surface area contributed by atoms with Crippen LogP contribution in [0, 0.1) is 0 Å². The third-order valence-corrected chi connectivity index (χ3v) is 7.21. The molecule has 1 aliphatic heterocycles. The van der Waals surface area contributed by atoms with Crippen LogP contribution in [0.3, 0.4) is 0 Å². The number of hydrogen-bond acceptors (Lipinski definition) is 7. The van der Waals surface area contributed by atoms with Crippen LogP contribution in [0.1, 0.15) is 22.2 Å². The van der Waals surface area contributed by atoms with Crippen LogP contribution < -0.4 is 14.4 Å². The van der Waals surface area contributed by atoms with Gasteiger partial charge < -0.3 is 19.1 Å². The minimum atomic E-state index is -1.32. The van der Waals surface area contributed by atoms with E-state index in [-0.39, 0.29) is 11.5 Å². The van der Waals surface area contributed by atoms with Gasteiger partial charge in [-0.3, -0.25) is 9.00 Å². The van der Waals surface area contributed by atoms with Crippen LogP contribution in [0.2, 0.25) is 0 Å². The fourth-order valence-corrected chi connectivity index (χ4v) is 4.98. The number of carbonyl (C=O) groups excluding carboxylic acids is 2. The van der Waals surface area contributed by atoms with Gasteiger partial charge in [0.15, 0.2) is 18.1 Å². The van der Waals surface area contributed by atoms with Gasteiger partial charge in [-0.15, -0.1) is 11.3 Å². The number of ether oxygens (including phenoxy) is 3. The van der Waals surface area contributed by atoms with Crippen LogP contribution in [0.5, 0.6) is 11.5 Å². The number of hydrogen-bond donors (Lipinski definition) is 0. The lowest BCUT2D eigenvalue weighted by Crippen LogP contribution is -2.34. The van der Waals surface area contributed by atoms with Crippen molar-refractivity contribution in [3.8, 4) is 11.5 Å². The summed E-state index contributed by atoms with van der Waals surface area (Å²) in [6, 6.07) is 15.7. The molecule has 0 fully saturated rings. The summed E-state index contributed by atoms with van der Waals surface area (Å²) in [5.41, 5.74) is 0.816. The van der Waals surface area contributed by atoms with Crippen LogP contribution in [-0.2, 0) is 26.9 Å². The molecule has 4 rings (SSSR count). The largest absolute Gasteiger partial charge is 0.486 e. The Morgan fingerprint density at radius 2 is 1.85 bits per heavy atom. The smallest absolute Gasteiger partial charge is 0.339 e. The molecule has 0 radical (unpaired) electrons. The summed E-state index contributed by atoms with van der Waals surface area (Å²) in [5.74, 6) is 0.500. The molecule has 33 heavy (non-hydrogen) atoms. The van der Waals surface area contributed by atoms with E-state index < -0.39 is 23.4 Å². The molecule has 0 N–H and O–H groups in total. The Bertz CT molecular complexity index is 1160. The van der Waals surface area contributed by atoms with Gasteiger partial charge >= 0.3 is 5.97 Å². The third-order valence-electron chi connectivity index (χ3n) is 4.97. The minimum absolute atomic E-state index is 0.203. The Morgan fingerprint density at radius 1 is 1.06 bits per heavy atom. The highest BCUT2D eigenvalue weighted by Gasteiger charge is 2.23. The summed E-state index contributed by atoms with van der Waals surface area (Å²) < 4.78 is 28.8. The summed E-state index contributed by atoms with van der Waals surface area (Å²) in [6.45, 7) is 2.56. The monoisotopic (exact) mass is 485 g/mol. The number of anilines is 1. The zero-order valence-corrected chi connectivity index (χ0v) is 19.7. The first-order valence-corrected chi connectivity index (χ1v) is 12.6. The average Bonchev–Trinajstić information content (AvgIpc) is 3.38. The van der Waals surface area contributed by atoms with Crippen molar-refractivity contribution in [2.75, 3.05) is 30.5 Å². The lowest BCUT2D eigenvalue weighted by Gasteiger charge is -2.25. The molecule has 172 valence electrons. The van der Waals surface area contributed by atoms with E-state index in [1.165, 1.54) is 11.3 Å². The molecule has 1 amide bonds. The number of thiophene rings is 1. The van der Waals surface area contributed by atoms with Crippen LogP contribution in [0.15, 0.2) is 64.9 Å². The SMILES string of the molecule is CCS(=O)c1ccccc1C(=O)OCC(=O)N(Cc1cccs1)c1ccc2c(c1)OCCO2. The fraction of sp³-hybridized carbons (Fsp3) is 0.250. The summed E-state index contributed by atoms with van der Waals surface area (Å²) in [4.78, 5) is 28.8. The van der Waals surface area contributed by atoms with Gasteiger partial charge in [-0.05, 0) is 35.7 Å². The van der Waals surface area contributed by atoms with Crippen molar-refractivity contribution in [2.24, 2.45) is 0 Å². The molecule has 0 spiro atoms. The van der Waals surface area contributed by atoms with Gasteiger partial charge in [-0.1, -0.05) is 25.1 Å². The molecule has 9 heteroatoms. The van der Waals surface area contributed by atoms with Crippen molar-refractivity contribution in [3.05, 3.63) is 70.4 Å². The van der Waals surface area contributed by atoms with E-state index in [0.29, 0.717) is 47.6 Å². The van der Waals surface area contributed by atoms with Gasteiger partial charge in [-0.25, -0.2) is 4.79 Å². The predicted molar refractivity (Wildman–Crippen MR) is 127 cm³/mol. The maximum atomic E-state index is 13.2. The second kappa shape index (κ2) is 10.6. The van der Waals surface area contributed by atoms with E-state index in [2.05, 4.69) is 0 Å². The van der Waals surface area contributed by atoms with Crippen molar-refractivity contribution in [1.82, 2.24) is 0 Å². The molecule has 0 bridgehead atoms. The van der Waals surface area contributed by atoms with Crippen LogP contribution in [0.25, 0.3) is 0 Å². The standard InChI is InChI=1S/C24H23NO6S2/c1-2-33(28)22-8-4-3-7-19(22)24(27)31-16-23(26)25(15-18-6-5-13-32-18)17-9-10-20-21(14-17)30-12-11-29-20/h3-10,13-14H,2,11-12,15-16H2,1H3. The lowest BCUT2D eigenvalue weighted by molar-refractivity contribution is -0.121. The molecule has 2 aromatic carbocycles. The van der Waals surface area contributed by atoms with Crippen molar-refractivity contribution < 1.29 is 28.0 Å². The molecule has 1 unspecified atom stereocenters. The highest BCUT2D eigenvalue weighted by Crippen LogP contribution is 2.34. The first-order valence-electron chi connectivity index (χ1n) is 10.4. The van der Waals surface area contributed by atoms with E-state index in [0.717, 1.165) is 4.88 Å². The zero-order chi connectivity index (χ0) is 23.2. The second-order valence-corrected chi connectivity index (χ2v) is 9.83. The van der Waals surface area contributed by atoms with Gasteiger partial charge in [0.2, 0.25) is 0 Å². The number of nitrogens with zero attached hydrogens (tertiary/aromatic N) is 1. The van der Waals surface area contributed by atoms with E-state index >= 15 is 0 Å². The molecule has 0 saturated carbocycles. The predicted octanol–water partition coefficient (Wildman–Crippen LogP) is 4.04. The van der Waals surface area contributed by atoms with Crippen molar-refractivity contribution in [1.29, 1.82) is 0 Å². The second-order valence-electron chi connectivity index (χ2n) is 7.09. The van der Waals surface area contributed by atoms with Crippen LogP contribution >= 0.6 is 11.3 Å². The Labute approximate surface area is 198 Å². The number of amides is 1. The van der Waals surface area contributed by atoms with Gasteiger partial charge in [0.25, 0.3) is 5.91 Å². The molecule has 7 nitrogen and oxygen atoms in total. The van der Waals surface area contributed by atoms with Crippen LogP contribution in [0.4, 0.5) is 5.69 Å². The van der Waals surface area contributed by atoms with Crippen molar-refractivity contribution >= 4 is 39.7 Å². The fourth-order valence-electron chi connectivity index (χ4n) is 3.35. The molecular weight excluding hydrogens is 462 g/mol. The van der Waals surface area contributed by atoms with E-state index in [9.17, 15) is 13.8 Å². The normalized spacial score (nSPS) is 13.2. The molecule has 1 atom stereocenters. The molecule has 1 aromatic heterocycles. The third kappa shape index (κ3) is 5.43. The molecule has 0 saturated heterocycles. The maximum absolute atomic E-state index is 13.2. The van der Waals surface area contributed by atoms with E-state index in [4.69, 9.17) is 14.2 Å². The lowest BCUT2D eigenvalue weighted by atomic mass is 10.2.